The van der Waals surface area contributed by atoms with Gasteiger partial charge < -0.3 is 0 Å². The molecule has 0 fully saturated rings. The van der Waals surface area contributed by atoms with E-state index in [2.05, 4.69) is 0 Å². The molecular formula is C14H13F2NO2S. The van der Waals surface area contributed by atoms with Gasteiger partial charge in [0, 0.05) is 6.54 Å². The van der Waals surface area contributed by atoms with Crippen molar-refractivity contribution in [1.82, 2.24) is 0 Å². The van der Waals surface area contributed by atoms with E-state index in [0.717, 1.165) is 16.4 Å². The van der Waals surface area contributed by atoms with Crippen LogP contribution in [0.2, 0.25) is 0 Å². The zero-order valence-corrected chi connectivity index (χ0v) is 11.6. The fourth-order valence-corrected chi connectivity index (χ4v) is 3.34. The number of benzene rings is 2. The first-order valence-corrected chi connectivity index (χ1v) is 7.43. The minimum atomic E-state index is -3.92. The van der Waals surface area contributed by atoms with Crippen molar-refractivity contribution in [2.45, 2.75) is 11.8 Å². The van der Waals surface area contributed by atoms with Crippen molar-refractivity contribution >= 4 is 15.7 Å². The van der Waals surface area contributed by atoms with Gasteiger partial charge in [-0.25, -0.2) is 17.2 Å². The zero-order valence-electron chi connectivity index (χ0n) is 10.8. The Labute approximate surface area is 116 Å². The van der Waals surface area contributed by atoms with Crippen molar-refractivity contribution in [3.63, 3.8) is 0 Å². The summed E-state index contributed by atoms with van der Waals surface area (Å²) in [5.74, 6) is -2.26. The lowest BCUT2D eigenvalue weighted by Crippen LogP contribution is -2.30. The second kappa shape index (κ2) is 5.58. The van der Waals surface area contributed by atoms with E-state index in [1.165, 1.54) is 0 Å². The molecule has 0 N–H and O–H groups in total. The fraction of sp³-hybridized carbons (Fsp3) is 0.143. The molecule has 0 aromatic heterocycles. The van der Waals surface area contributed by atoms with Gasteiger partial charge in [0.05, 0.1) is 10.6 Å². The Hall–Kier alpha value is -1.95. The van der Waals surface area contributed by atoms with Crippen LogP contribution in [-0.4, -0.2) is 15.0 Å². The third kappa shape index (κ3) is 2.65. The Morgan fingerprint density at radius 1 is 1.00 bits per heavy atom. The van der Waals surface area contributed by atoms with Crippen molar-refractivity contribution < 1.29 is 17.2 Å². The van der Waals surface area contributed by atoms with Gasteiger partial charge in [-0.1, -0.05) is 18.2 Å². The molecule has 0 bridgehead atoms. The molecule has 0 unspecified atom stereocenters. The van der Waals surface area contributed by atoms with E-state index in [-0.39, 0.29) is 11.4 Å². The maximum Gasteiger partial charge on any atom is 0.264 e. The SMILES string of the molecule is CCN(c1ccccc1)S(=O)(=O)c1ccc(F)c(F)c1. The molecule has 20 heavy (non-hydrogen) atoms. The van der Waals surface area contributed by atoms with E-state index in [9.17, 15) is 17.2 Å². The Kier molecular flexibility index (Phi) is 4.04. The molecule has 0 saturated carbocycles. The summed E-state index contributed by atoms with van der Waals surface area (Å²) in [6.07, 6.45) is 0. The monoisotopic (exact) mass is 297 g/mol. The van der Waals surface area contributed by atoms with Crippen LogP contribution in [0.5, 0.6) is 0 Å². The first-order valence-electron chi connectivity index (χ1n) is 5.99. The maximum absolute atomic E-state index is 13.2. The first-order chi connectivity index (χ1) is 9.46. The Morgan fingerprint density at radius 3 is 2.20 bits per heavy atom. The lowest BCUT2D eigenvalue weighted by molar-refractivity contribution is 0.504. The highest BCUT2D eigenvalue weighted by molar-refractivity contribution is 7.92. The third-order valence-electron chi connectivity index (χ3n) is 2.81. The third-order valence-corrected chi connectivity index (χ3v) is 4.71. The molecule has 6 heteroatoms. The van der Waals surface area contributed by atoms with Crippen LogP contribution >= 0.6 is 0 Å². The molecule has 3 nitrogen and oxygen atoms in total. The molecule has 2 aromatic carbocycles. The van der Waals surface area contributed by atoms with Crippen LogP contribution in [-0.2, 0) is 10.0 Å². The van der Waals surface area contributed by atoms with Crippen molar-refractivity contribution in [3.05, 3.63) is 60.2 Å². The van der Waals surface area contributed by atoms with Crippen molar-refractivity contribution in [2.24, 2.45) is 0 Å². The van der Waals surface area contributed by atoms with Gasteiger partial charge in [-0.2, -0.15) is 0 Å². The van der Waals surface area contributed by atoms with E-state index in [1.807, 2.05) is 0 Å². The van der Waals surface area contributed by atoms with Gasteiger partial charge in [0.25, 0.3) is 10.0 Å². The maximum atomic E-state index is 13.2. The lowest BCUT2D eigenvalue weighted by Gasteiger charge is -2.22. The number of hydrogen-bond acceptors (Lipinski definition) is 2. The molecular weight excluding hydrogens is 284 g/mol. The highest BCUT2D eigenvalue weighted by Crippen LogP contribution is 2.24. The summed E-state index contributed by atoms with van der Waals surface area (Å²) in [5.41, 5.74) is 0.472. The van der Waals surface area contributed by atoms with Gasteiger partial charge in [0.1, 0.15) is 0 Å². The molecule has 0 saturated heterocycles. The minimum Gasteiger partial charge on any atom is -0.267 e. The van der Waals surface area contributed by atoms with E-state index < -0.39 is 21.7 Å². The Balaban J connectivity index is 2.50. The van der Waals surface area contributed by atoms with Crippen LogP contribution in [0, 0.1) is 11.6 Å². The molecule has 0 aliphatic rings. The number of anilines is 1. The van der Waals surface area contributed by atoms with Gasteiger partial charge in [-0.3, -0.25) is 4.31 Å². The van der Waals surface area contributed by atoms with Gasteiger partial charge in [-0.15, -0.1) is 0 Å². The standard InChI is InChI=1S/C14H13F2NO2S/c1-2-17(11-6-4-3-5-7-11)20(18,19)12-8-9-13(15)14(16)10-12/h3-10H,2H2,1H3. The van der Waals surface area contributed by atoms with E-state index >= 15 is 0 Å². The highest BCUT2D eigenvalue weighted by atomic mass is 32.2. The molecule has 0 amide bonds. The Bertz CT molecular complexity index is 702. The fourth-order valence-electron chi connectivity index (χ4n) is 1.85. The zero-order chi connectivity index (χ0) is 14.8. The van der Waals surface area contributed by atoms with E-state index in [1.54, 1.807) is 37.3 Å². The number of hydrogen-bond donors (Lipinski definition) is 0. The lowest BCUT2D eigenvalue weighted by atomic mass is 10.3. The molecule has 0 radical (unpaired) electrons. The van der Waals surface area contributed by atoms with Crippen LogP contribution in [0.1, 0.15) is 6.92 Å². The number of nitrogens with zero attached hydrogens (tertiary/aromatic N) is 1. The average molecular weight is 297 g/mol. The van der Waals surface area contributed by atoms with Crippen LogP contribution < -0.4 is 4.31 Å². The van der Waals surface area contributed by atoms with Crippen LogP contribution in [0.4, 0.5) is 14.5 Å². The van der Waals surface area contributed by atoms with Crippen molar-refractivity contribution in [3.8, 4) is 0 Å². The summed E-state index contributed by atoms with van der Waals surface area (Å²) in [6.45, 7) is 1.86. The van der Waals surface area contributed by atoms with Crippen molar-refractivity contribution in [2.75, 3.05) is 10.8 Å². The predicted octanol–water partition coefficient (Wildman–Crippen LogP) is 3.18. The molecule has 2 aromatic rings. The molecule has 2 rings (SSSR count). The molecule has 0 heterocycles. The molecule has 0 aliphatic carbocycles. The highest BCUT2D eigenvalue weighted by Gasteiger charge is 2.24. The minimum absolute atomic E-state index is 0.186. The molecule has 0 aliphatic heterocycles. The van der Waals surface area contributed by atoms with Crippen LogP contribution in [0.25, 0.3) is 0 Å². The van der Waals surface area contributed by atoms with E-state index in [0.29, 0.717) is 11.8 Å². The number of sulfonamides is 1. The summed E-state index contributed by atoms with van der Waals surface area (Å²) in [4.78, 5) is -0.276. The normalized spacial score (nSPS) is 11.3. The average Bonchev–Trinajstić information content (AvgIpc) is 2.43. The van der Waals surface area contributed by atoms with E-state index in [4.69, 9.17) is 0 Å². The number of para-hydroxylation sites is 1. The van der Waals surface area contributed by atoms with Gasteiger partial charge in [-0.05, 0) is 37.3 Å². The largest absolute Gasteiger partial charge is 0.267 e. The second-order valence-corrected chi connectivity index (χ2v) is 5.94. The predicted molar refractivity (Wildman–Crippen MR) is 73.0 cm³/mol. The summed E-state index contributed by atoms with van der Waals surface area (Å²) in [7, 11) is -3.92. The van der Waals surface area contributed by atoms with Gasteiger partial charge >= 0.3 is 0 Å². The van der Waals surface area contributed by atoms with Crippen LogP contribution in [0.3, 0.4) is 0 Å². The number of rotatable bonds is 4. The van der Waals surface area contributed by atoms with Crippen LogP contribution in [0.15, 0.2) is 53.4 Å². The Morgan fingerprint density at radius 2 is 1.65 bits per heavy atom. The molecule has 0 atom stereocenters. The van der Waals surface area contributed by atoms with Gasteiger partial charge in [0.2, 0.25) is 0 Å². The quantitative estimate of drug-likeness (QED) is 0.869. The second-order valence-electron chi connectivity index (χ2n) is 4.08. The summed E-state index contributed by atoms with van der Waals surface area (Å²) >= 11 is 0. The topological polar surface area (TPSA) is 37.4 Å². The smallest absolute Gasteiger partial charge is 0.264 e. The summed E-state index contributed by atoms with van der Waals surface area (Å²) < 4.78 is 52.2. The summed E-state index contributed by atoms with van der Waals surface area (Å²) in [6, 6.07) is 11.0. The molecule has 106 valence electrons. The summed E-state index contributed by atoms with van der Waals surface area (Å²) in [5, 5.41) is 0. The van der Waals surface area contributed by atoms with Gasteiger partial charge in [0.15, 0.2) is 11.6 Å². The van der Waals surface area contributed by atoms with Crippen molar-refractivity contribution in [1.29, 1.82) is 0 Å². The number of halogens is 2. The molecule has 0 spiro atoms. The first kappa shape index (κ1) is 14.5.